The van der Waals surface area contributed by atoms with Gasteiger partial charge in [0.2, 0.25) is 0 Å². The molecule has 0 fully saturated rings. The van der Waals surface area contributed by atoms with Crippen molar-refractivity contribution in [3.8, 4) is 0 Å². The highest BCUT2D eigenvalue weighted by atomic mass is 16.5. The van der Waals surface area contributed by atoms with E-state index in [-0.39, 0.29) is 0 Å². The number of carbonyl (C=O) groups is 1. The normalized spacial score (nSPS) is 13.7. The van der Waals surface area contributed by atoms with Crippen molar-refractivity contribution in [1.29, 1.82) is 0 Å². The van der Waals surface area contributed by atoms with Crippen molar-refractivity contribution in [3.63, 3.8) is 0 Å². The summed E-state index contributed by atoms with van der Waals surface area (Å²) < 4.78 is 4.53. The lowest BCUT2D eigenvalue weighted by molar-refractivity contribution is -0.145. The van der Waals surface area contributed by atoms with Crippen LogP contribution in [0.15, 0.2) is 0 Å². The molecule has 4 nitrogen and oxygen atoms in total. The van der Waals surface area contributed by atoms with Crippen LogP contribution in [0.25, 0.3) is 0 Å². The Kier molecular flexibility index (Phi) is 15.8. The van der Waals surface area contributed by atoms with Gasteiger partial charge in [0.1, 0.15) is 6.04 Å². The molecule has 0 aliphatic rings. The Labute approximate surface area is 143 Å². The van der Waals surface area contributed by atoms with Gasteiger partial charge in [-0.15, -0.1) is 0 Å². The van der Waals surface area contributed by atoms with Crippen LogP contribution in [0.5, 0.6) is 0 Å². The molecular weight excluding hydrogens is 290 g/mol. The molecule has 0 aromatic rings. The Morgan fingerprint density at radius 1 is 0.870 bits per heavy atom. The zero-order valence-electron chi connectivity index (χ0n) is 15.4. The van der Waals surface area contributed by atoms with Gasteiger partial charge in [0.25, 0.3) is 0 Å². The monoisotopic (exact) mass is 329 g/mol. The molecule has 138 valence electrons. The van der Waals surface area contributed by atoms with Gasteiger partial charge in [0, 0.05) is 0 Å². The van der Waals surface area contributed by atoms with Crippen LogP contribution < -0.4 is 5.73 Å². The number of carbonyl (C=O) groups excluding carboxylic acids is 1. The van der Waals surface area contributed by atoms with Crippen LogP contribution >= 0.6 is 0 Å². The number of unbranched alkanes of at least 4 members (excludes halogenated alkanes) is 12. The van der Waals surface area contributed by atoms with E-state index in [0.29, 0.717) is 6.42 Å². The molecule has 3 N–H and O–H groups in total. The topological polar surface area (TPSA) is 72.5 Å². The molecule has 0 heterocycles. The lowest BCUT2D eigenvalue weighted by Crippen LogP contribution is -2.42. The molecule has 0 radical (unpaired) electrons. The van der Waals surface area contributed by atoms with E-state index in [1.54, 1.807) is 0 Å². The zero-order chi connectivity index (χ0) is 17.3. The van der Waals surface area contributed by atoms with Gasteiger partial charge in [-0.2, -0.15) is 0 Å². The number of aliphatic hydroxyl groups excluding tert-OH is 1. The summed E-state index contributed by atoms with van der Waals surface area (Å²) in [5, 5.41) is 9.77. The molecule has 0 aromatic carbocycles. The molecule has 2 atom stereocenters. The van der Waals surface area contributed by atoms with Crippen LogP contribution in [-0.2, 0) is 9.53 Å². The van der Waals surface area contributed by atoms with E-state index in [4.69, 9.17) is 5.73 Å². The third-order valence-corrected chi connectivity index (χ3v) is 4.49. The highest BCUT2D eigenvalue weighted by Gasteiger charge is 2.22. The summed E-state index contributed by atoms with van der Waals surface area (Å²) in [6.45, 7) is 2.26. The second kappa shape index (κ2) is 16.3. The van der Waals surface area contributed by atoms with E-state index in [1.165, 1.54) is 77.7 Å². The maximum atomic E-state index is 11.2. The average Bonchev–Trinajstić information content (AvgIpc) is 2.57. The third kappa shape index (κ3) is 13.5. The van der Waals surface area contributed by atoms with Crippen molar-refractivity contribution in [1.82, 2.24) is 0 Å². The first kappa shape index (κ1) is 22.4. The standard InChI is InChI=1S/C19H39NO3/c1-3-4-5-6-7-8-9-10-11-12-13-14-15-16-17(21)18(20)19(22)23-2/h17-18,21H,3-16,20H2,1-2H3/t17-,18+/m0/s1. The van der Waals surface area contributed by atoms with E-state index in [0.717, 1.165) is 12.8 Å². The van der Waals surface area contributed by atoms with E-state index in [2.05, 4.69) is 11.7 Å². The predicted molar refractivity (Wildman–Crippen MR) is 96.3 cm³/mol. The number of hydrogen-bond acceptors (Lipinski definition) is 4. The van der Waals surface area contributed by atoms with Crippen molar-refractivity contribution in [2.24, 2.45) is 5.73 Å². The molecule has 0 aromatic heterocycles. The molecule has 0 rings (SSSR count). The van der Waals surface area contributed by atoms with Crippen molar-refractivity contribution >= 4 is 5.97 Å². The molecule has 23 heavy (non-hydrogen) atoms. The second-order valence-corrected chi connectivity index (χ2v) is 6.65. The van der Waals surface area contributed by atoms with Crippen LogP contribution in [-0.4, -0.2) is 30.3 Å². The van der Waals surface area contributed by atoms with Crippen molar-refractivity contribution < 1.29 is 14.6 Å². The van der Waals surface area contributed by atoms with Crippen LogP contribution in [0.3, 0.4) is 0 Å². The SMILES string of the molecule is CCCCCCCCCCCCCCC[C@H](O)[C@@H](N)C(=O)OC. The summed E-state index contributed by atoms with van der Waals surface area (Å²) in [6, 6.07) is -0.905. The fourth-order valence-corrected chi connectivity index (χ4v) is 2.84. The van der Waals surface area contributed by atoms with Crippen LogP contribution in [0.2, 0.25) is 0 Å². The van der Waals surface area contributed by atoms with Gasteiger partial charge < -0.3 is 15.6 Å². The summed E-state index contributed by atoms with van der Waals surface area (Å²) in [6.07, 6.45) is 16.7. The molecule has 0 spiro atoms. The predicted octanol–water partition coefficient (Wildman–Crippen LogP) is 4.33. The van der Waals surface area contributed by atoms with E-state index in [1.807, 2.05) is 0 Å². The minimum Gasteiger partial charge on any atom is -0.468 e. The lowest BCUT2D eigenvalue weighted by atomic mass is 10.0. The Morgan fingerprint density at radius 3 is 1.65 bits per heavy atom. The number of hydrogen-bond donors (Lipinski definition) is 2. The van der Waals surface area contributed by atoms with E-state index >= 15 is 0 Å². The molecule has 0 aliphatic heterocycles. The van der Waals surface area contributed by atoms with Gasteiger partial charge in [-0.05, 0) is 6.42 Å². The molecular formula is C19H39NO3. The summed E-state index contributed by atoms with van der Waals surface area (Å²) in [5.74, 6) is -0.535. The summed E-state index contributed by atoms with van der Waals surface area (Å²) >= 11 is 0. The first-order valence-corrected chi connectivity index (χ1v) is 9.65. The molecule has 0 saturated heterocycles. The quantitative estimate of drug-likeness (QED) is 0.326. The van der Waals surface area contributed by atoms with Gasteiger partial charge in [-0.25, -0.2) is 0 Å². The lowest BCUT2D eigenvalue weighted by Gasteiger charge is -2.16. The van der Waals surface area contributed by atoms with E-state index < -0.39 is 18.1 Å². The maximum Gasteiger partial charge on any atom is 0.325 e. The van der Waals surface area contributed by atoms with Gasteiger partial charge in [0.15, 0.2) is 0 Å². The van der Waals surface area contributed by atoms with Crippen molar-refractivity contribution in [3.05, 3.63) is 0 Å². The van der Waals surface area contributed by atoms with Crippen molar-refractivity contribution in [2.45, 2.75) is 109 Å². The second-order valence-electron chi connectivity index (χ2n) is 6.65. The fraction of sp³-hybridized carbons (Fsp3) is 0.947. The zero-order valence-corrected chi connectivity index (χ0v) is 15.4. The first-order valence-electron chi connectivity index (χ1n) is 9.65. The Balaban J connectivity index is 3.26. The average molecular weight is 330 g/mol. The van der Waals surface area contributed by atoms with Gasteiger partial charge in [-0.1, -0.05) is 90.4 Å². The minimum absolute atomic E-state index is 0.535. The van der Waals surface area contributed by atoms with Crippen molar-refractivity contribution in [2.75, 3.05) is 7.11 Å². The number of nitrogens with two attached hydrogens (primary N) is 1. The van der Waals surface area contributed by atoms with E-state index in [9.17, 15) is 9.90 Å². The smallest absolute Gasteiger partial charge is 0.325 e. The van der Waals surface area contributed by atoms with Gasteiger partial charge in [-0.3, -0.25) is 4.79 Å². The molecule has 0 aliphatic carbocycles. The highest BCUT2D eigenvalue weighted by molar-refractivity contribution is 5.75. The number of aliphatic hydroxyl groups is 1. The molecule has 4 heteroatoms. The molecule has 0 saturated carbocycles. The summed E-state index contributed by atoms with van der Waals surface area (Å²) in [5.41, 5.74) is 5.59. The van der Waals surface area contributed by atoms with Gasteiger partial charge >= 0.3 is 5.97 Å². The minimum atomic E-state index is -0.905. The first-order chi connectivity index (χ1) is 11.1. The number of rotatable bonds is 16. The summed E-state index contributed by atoms with van der Waals surface area (Å²) in [7, 11) is 1.29. The molecule has 0 amide bonds. The number of esters is 1. The summed E-state index contributed by atoms with van der Waals surface area (Å²) in [4.78, 5) is 11.2. The molecule has 0 bridgehead atoms. The van der Waals surface area contributed by atoms with Crippen LogP contribution in [0.1, 0.15) is 96.8 Å². The molecule has 0 unspecified atom stereocenters. The fourth-order valence-electron chi connectivity index (χ4n) is 2.84. The Hall–Kier alpha value is -0.610. The highest BCUT2D eigenvalue weighted by Crippen LogP contribution is 2.13. The van der Waals surface area contributed by atoms with Crippen LogP contribution in [0.4, 0.5) is 0 Å². The maximum absolute atomic E-state index is 11.2. The Morgan fingerprint density at radius 2 is 1.26 bits per heavy atom. The van der Waals surface area contributed by atoms with Crippen LogP contribution in [0, 0.1) is 0 Å². The van der Waals surface area contributed by atoms with Gasteiger partial charge in [0.05, 0.1) is 13.2 Å². The third-order valence-electron chi connectivity index (χ3n) is 4.49. The Bertz CT molecular complexity index is 271. The number of ether oxygens (including phenoxy) is 1. The number of methoxy groups -OCH3 is 1. The largest absolute Gasteiger partial charge is 0.468 e.